The molecule has 1 fully saturated rings. The zero-order valence-corrected chi connectivity index (χ0v) is 17.5. The number of benzene rings is 1. The van der Waals surface area contributed by atoms with Gasteiger partial charge in [0.1, 0.15) is 10.6 Å². The molecule has 1 aromatic carbocycles. The van der Waals surface area contributed by atoms with Gasteiger partial charge in [0.05, 0.1) is 0 Å². The first-order chi connectivity index (χ1) is 13.4. The minimum Gasteiger partial charge on any atom is -0.369 e. The molecule has 0 saturated carbocycles. The molecule has 2 aromatic rings. The maximum Gasteiger partial charge on any atom is 0.246 e. The second-order valence-electron chi connectivity index (χ2n) is 7.81. The fourth-order valence-electron chi connectivity index (χ4n) is 4.48. The van der Waals surface area contributed by atoms with Crippen LogP contribution in [0.15, 0.2) is 21.6 Å². The van der Waals surface area contributed by atoms with Gasteiger partial charge in [0, 0.05) is 37.9 Å². The van der Waals surface area contributed by atoms with Crippen LogP contribution in [-0.2, 0) is 22.9 Å². The molecular weight excluding hydrogens is 376 g/mol. The predicted molar refractivity (Wildman–Crippen MR) is 108 cm³/mol. The molecule has 1 atom stereocenters. The Morgan fingerprint density at radius 1 is 1.18 bits per heavy atom. The third-order valence-corrected chi connectivity index (χ3v) is 7.61. The SMILES string of the molecule is Cc1ccc(N2CCNCC2)c2c1CC[C@@H](NS(=O)(=O)c1c(C)noc1C)C2. The number of sulfonamides is 1. The molecule has 1 aromatic heterocycles. The number of aryl methyl sites for hydroxylation is 3. The molecule has 0 bridgehead atoms. The lowest BCUT2D eigenvalue weighted by Crippen LogP contribution is -2.45. The molecule has 0 unspecified atom stereocenters. The molecule has 7 nitrogen and oxygen atoms in total. The summed E-state index contributed by atoms with van der Waals surface area (Å²) in [6.45, 7) is 9.35. The van der Waals surface area contributed by atoms with E-state index in [2.05, 4.69) is 39.2 Å². The summed E-state index contributed by atoms with van der Waals surface area (Å²) in [5.41, 5.74) is 5.62. The number of piperazine rings is 1. The van der Waals surface area contributed by atoms with E-state index in [1.54, 1.807) is 13.8 Å². The Hall–Kier alpha value is -1.90. The van der Waals surface area contributed by atoms with Crippen LogP contribution in [0.25, 0.3) is 0 Å². The van der Waals surface area contributed by atoms with E-state index in [-0.39, 0.29) is 10.9 Å². The van der Waals surface area contributed by atoms with Crippen LogP contribution in [0.4, 0.5) is 5.69 Å². The van der Waals surface area contributed by atoms with Gasteiger partial charge in [0.15, 0.2) is 5.76 Å². The minimum atomic E-state index is -3.66. The van der Waals surface area contributed by atoms with Crippen molar-refractivity contribution in [1.82, 2.24) is 15.2 Å². The van der Waals surface area contributed by atoms with E-state index in [4.69, 9.17) is 4.52 Å². The predicted octanol–water partition coefficient (Wildman–Crippen LogP) is 1.85. The largest absolute Gasteiger partial charge is 0.369 e. The number of hydrogen-bond donors (Lipinski definition) is 2. The average Bonchev–Trinajstić information content (AvgIpc) is 3.01. The molecule has 1 saturated heterocycles. The maximum atomic E-state index is 12.9. The molecule has 1 aliphatic carbocycles. The third-order valence-electron chi connectivity index (χ3n) is 5.85. The van der Waals surface area contributed by atoms with Crippen LogP contribution in [0.5, 0.6) is 0 Å². The zero-order chi connectivity index (χ0) is 19.9. The Bertz CT molecular complexity index is 958. The molecule has 8 heteroatoms. The van der Waals surface area contributed by atoms with Gasteiger partial charge in [-0.05, 0) is 62.8 Å². The first kappa shape index (κ1) is 19.4. The summed E-state index contributed by atoms with van der Waals surface area (Å²) < 4.78 is 33.8. The first-order valence-corrected chi connectivity index (χ1v) is 11.4. The second-order valence-corrected chi connectivity index (χ2v) is 9.46. The number of rotatable bonds is 4. The molecular formula is C20H28N4O3S. The molecule has 0 amide bonds. The average molecular weight is 405 g/mol. The minimum absolute atomic E-state index is 0.130. The van der Waals surface area contributed by atoms with Crippen molar-refractivity contribution in [1.29, 1.82) is 0 Å². The lowest BCUT2D eigenvalue weighted by Gasteiger charge is -2.35. The first-order valence-electron chi connectivity index (χ1n) is 9.89. The molecule has 2 aliphatic rings. The van der Waals surface area contributed by atoms with Gasteiger partial charge >= 0.3 is 0 Å². The number of nitrogens with zero attached hydrogens (tertiary/aromatic N) is 2. The van der Waals surface area contributed by atoms with E-state index in [1.807, 2.05) is 0 Å². The van der Waals surface area contributed by atoms with Crippen LogP contribution < -0.4 is 14.9 Å². The lowest BCUT2D eigenvalue weighted by molar-refractivity contribution is 0.390. The van der Waals surface area contributed by atoms with Crippen molar-refractivity contribution < 1.29 is 12.9 Å². The van der Waals surface area contributed by atoms with E-state index >= 15 is 0 Å². The smallest absolute Gasteiger partial charge is 0.246 e. The molecule has 152 valence electrons. The summed E-state index contributed by atoms with van der Waals surface area (Å²) in [6.07, 6.45) is 2.39. The Morgan fingerprint density at radius 2 is 1.93 bits per heavy atom. The van der Waals surface area contributed by atoms with Gasteiger partial charge in [0.2, 0.25) is 10.0 Å². The molecule has 0 radical (unpaired) electrons. The third kappa shape index (κ3) is 3.56. The van der Waals surface area contributed by atoms with E-state index in [0.29, 0.717) is 17.9 Å². The van der Waals surface area contributed by atoms with E-state index < -0.39 is 10.0 Å². The summed E-state index contributed by atoms with van der Waals surface area (Å²) in [4.78, 5) is 2.59. The van der Waals surface area contributed by atoms with Crippen LogP contribution in [-0.4, -0.2) is 45.8 Å². The number of hydrogen-bond acceptors (Lipinski definition) is 6. The second kappa shape index (κ2) is 7.50. The summed E-state index contributed by atoms with van der Waals surface area (Å²) in [5, 5.41) is 7.19. The van der Waals surface area contributed by atoms with Gasteiger partial charge in [-0.3, -0.25) is 0 Å². The lowest BCUT2D eigenvalue weighted by atomic mass is 9.84. The zero-order valence-electron chi connectivity index (χ0n) is 16.7. The Kier molecular flexibility index (Phi) is 5.20. The van der Waals surface area contributed by atoms with E-state index in [9.17, 15) is 8.42 Å². The van der Waals surface area contributed by atoms with Gasteiger partial charge in [-0.15, -0.1) is 0 Å². The topological polar surface area (TPSA) is 87.5 Å². The number of nitrogens with one attached hydrogen (secondary N) is 2. The normalized spacial score (nSPS) is 20.2. The molecule has 28 heavy (non-hydrogen) atoms. The number of fused-ring (bicyclic) bond motifs is 1. The van der Waals surface area contributed by atoms with Crippen LogP contribution in [0.2, 0.25) is 0 Å². The molecule has 1 aliphatic heterocycles. The highest BCUT2D eigenvalue weighted by Gasteiger charge is 2.31. The van der Waals surface area contributed by atoms with Gasteiger partial charge in [0.25, 0.3) is 0 Å². The molecule has 0 spiro atoms. The van der Waals surface area contributed by atoms with Gasteiger partial charge < -0.3 is 14.7 Å². The van der Waals surface area contributed by atoms with Crippen molar-refractivity contribution >= 4 is 15.7 Å². The van der Waals surface area contributed by atoms with Crippen molar-refractivity contribution in [2.75, 3.05) is 31.1 Å². The highest BCUT2D eigenvalue weighted by atomic mass is 32.2. The van der Waals surface area contributed by atoms with Crippen LogP contribution in [0.3, 0.4) is 0 Å². The van der Waals surface area contributed by atoms with Gasteiger partial charge in [-0.1, -0.05) is 11.2 Å². The summed E-state index contributed by atoms with van der Waals surface area (Å²) in [7, 11) is -3.66. The summed E-state index contributed by atoms with van der Waals surface area (Å²) >= 11 is 0. The fourth-order valence-corrected chi connectivity index (χ4v) is 6.08. The Balaban J connectivity index is 1.61. The van der Waals surface area contributed by atoms with E-state index in [1.165, 1.54) is 22.4 Å². The fraction of sp³-hybridized carbons (Fsp3) is 0.550. The van der Waals surface area contributed by atoms with Gasteiger partial charge in [-0.25, -0.2) is 13.1 Å². The van der Waals surface area contributed by atoms with Crippen molar-refractivity contribution in [2.45, 2.75) is 51.0 Å². The number of anilines is 1. The highest BCUT2D eigenvalue weighted by molar-refractivity contribution is 7.89. The molecule has 2 heterocycles. The molecule has 2 N–H and O–H groups in total. The van der Waals surface area contributed by atoms with Gasteiger partial charge in [-0.2, -0.15) is 0 Å². The van der Waals surface area contributed by atoms with Crippen LogP contribution in [0.1, 0.15) is 34.6 Å². The number of aromatic nitrogens is 1. The van der Waals surface area contributed by atoms with Crippen molar-refractivity contribution in [2.24, 2.45) is 0 Å². The van der Waals surface area contributed by atoms with Crippen molar-refractivity contribution in [3.05, 3.63) is 40.3 Å². The summed E-state index contributed by atoms with van der Waals surface area (Å²) in [6, 6.07) is 4.27. The standard InChI is InChI=1S/C20H28N4O3S/c1-13-4-7-19(24-10-8-21-9-11-24)18-12-16(5-6-17(13)18)23-28(25,26)20-14(2)22-27-15(20)3/h4,7,16,21,23H,5-6,8-12H2,1-3H3/t16-/m1/s1. The van der Waals surface area contributed by atoms with Crippen molar-refractivity contribution in [3.8, 4) is 0 Å². The monoisotopic (exact) mass is 404 g/mol. The van der Waals surface area contributed by atoms with Crippen LogP contribution >= 0.6 is 0 Å². The van der Waals surface area contributed by atoms with Crippen molar-refractivity contribution in [3.63, 3.8) is 0 Å². The Morgan fingerprint density at radius 3 is 2.61 bits per heavy atom. The highest BCUT2D eigenvalue weighted by Crippen LogP contribution is 2.34. The van der Waals surface area contributed by atoms with E-state index in [0.717, 1.165) is 39.0 Å². The quantitative estimate of drug-likeness (QED) is 0.809. The summed E-state index contributed by atoms with van der Waals surface area (Å²) in [5.74, 6) is 0.332. The maximum absolute atomic E-state index is 12.9. The van der Waals surface area contributed by atoms with Crippen LogP contribution in [0, 0.1) is 20.8 Å². The molecule has 4 rings (SSSR count). The Labute approximate surface area is 166 Å².